The van der Waals surface area contributed by atoms with Crippen LogP contribution in [-0.2, 0) is 9.84 Å². The second kappa shape index (κ2) is 6.17. The molecule has 1 rings (SSSR count). The standard InChI is InChI=1S/C13H21NO2S/c1-11(5-3-4-10-14)12-6-8-13(9-7-12)17(2,15)16/h6-9,11H,3-5,10,14H2,1-2H3/t11-/m0/s1. The molecule has 0 aromatic heterocycles. The van der Waals surface area contributed by atoms with E-state index in [4.69, 9.17) is 5.73 Å². The molecule has 0 aliphatic rings. The average Bonchev–Trinajstić information content (AvgIpc) is 2.28. The molecule has 0 fully saturated rings. The van der Waals surface area contributed by atoms with Crippen LogP contribution in [0.3, 0.4) is 0 Å². The van der Waals surface area contributed by atoms with E-state index in [1.807, 2.05) is 12.1 Å². The lowest BCUT2D eigenvalue weighted by atomic mass is 9.95. The zero-order valence-corrected chi connectivity index (χ0v) is 11.3. The van der Waals surface area contributed by atoms with Gasteiger partial charge in [-0.3, -0.25) is 0 Å². The second-order valence-corrected chi connectivity index (χ2v) is 6.54. The van der Waals surface area contributed by atoms with E-state index in [-0.39, 0.29) is 0 Å². The van der Waals surface area contributed by atoms with Crippen molar-refractivity contribution in [2.75, 3.05) is 12.8 Å². The first kappa shape index (κ1) is 14.2. The molecule has 1 aromatic carbocycles. The van der Waals surface area contributed by atoms with E-state index < -0.39 is 9.84 Å². The summed E-state index contributed by atoms with van der Waals surface area (Å²) in [5, 5.41) is 0. The molecule has 2 N–H and O–H groups in total. The van der Waals surface area contributed by atoms with Gasteiger partial charge in [-0.15, -0.1) is 0 Å². The number of unbranched alkanes of at least 4 members (excludes halogenated alkanes) is 1. The minimum absolute atomic E-state index is 0.385. The fraction of sp³-hybridized carbons (Fsp3) is 0.538. The summed E-state index contributed by atoms with van der Waals surface area (Å²) in [4.78, 5) is 0.385. The SMILES string of the molecule is C[C@@H](CCCCN)c1ccc(S(C)(=O)=O)cc1. The van der Waals surface area contributed by atoms with E-state index in [0.717, 1.165) is 25.8 Å². The molecule has 4 heteroatoms. The van der Waals surface area contributed by atoms with Crippen LogP contribution in [0.15, 0.2) is 29.2 Å². The summed E-state index contributed by atoms with van der Waals surface area (Å²) in [6, 6.07) is 7.18. The monoisotopic (exact) mass is 255 g/mol. The van der Waals surface area contributed by atoms with E-state index in [0.29, 0.717) is 10.8 Å². The highest BCUT2D eigenvalue weighted by Gasteiger charge is 2.09. The molecule has 0 radical (unpaired) electrons. The van der Waals surface area contributed by atoms with Crippen LogP contribution in [0.1, 0.15) is 37.7 Å². The van der Waals surface area contributed by atoms with Crippen molar-refractivity contribution in [1.29, 1.82) is 0 Å². The van der Waals surface area contributed by atoms with Crippen LogP contribution < -0.4 is 5.73 Å². The quantitative estimate of drug-likeness (QED) is 0.794. The predicted octanol–water partition coefficient (Wildman–Crippen LogP) is 2.32. The van der Waals surface area contributed by atoms with Crippen LogP contribution in [-0.4, -0.2) is 21.2 Å². The van der Waals surface area contributed by atoms with Crippen LogP contribution in [0, 0.1) is 0 Å². The van der Waals surface area contributed by atoms with Crippen molar-refractivity contribution in [3.63, 3.8) is 0 Å². The smallest absolute Gasteiger partial charge is 0.175 e. The van der Waals surface area contributed by atoms with Gasteiger partial charge in [-0.05, 0) is 43.0 Å². The Balaban J connectivity index is 2.67. The Bertz CT molecular complexity index is 437. The highest BCUT2D eigenvalue weighted by atomic mass is 32.2. The van der Waals surface area contributed by atoms with Crippen molar-refractivity contribution < 1.29 is 8.42 Å². The molecule has 0 bridgehead atoms. The molecule has 0 aliphatic carbocycles. The summed E-state index contributed by atoms with van der Waals surface area (Å²) in [6.45, 7) is 2.89. The topological polar surface area (TPSA) is 60.2 Å². The zero-order valence-electron chi connectivity index (χ0n) is 10.5. The number of hydrogen-bond acceptors (Lipinski definition) is 3. The molecule has 0 saturated carbocycles. The summed E-state index contributed by atoms with van der Waals surface area (Å²) in [6.07, 6.45) is 4.49. The molecule has 96 valence electrons. The third-order valence-electron chi connectivity index (χ3n) is 2.97. The molecule has 0 heterocycles. The maximum atomic E-state index is 11.3. The number of hydrogen-bond donors (Lipinski definition) is 1. The molecule has 1 atom stereocenters. The van der Waals surface area contributed by atoms with E-state index in [1.165, 1.54) is 11.8 Å². The van der Waals surface area contributed by atoms with Gasteiger partial charge in [-0.1, -0.05) is 25.5 Å². The highest BCUT2D eigenvalue weighted by Crippen LogP contribution is 2.22. The Morgan fingerprint density at radius 2 is 1.76 bits per heavy atom. The summed E-state index contributed by atoms with van der Waals surface area (Å²) >= 11 is 0. The van der Waals surface area contributed by atoms with E-state index >= 15 is 0 Å². The minimum Gasteiger partial charge on any atom is -0.330 e. The molecule has 0 saturated heterocycles. The van der Waals surface area contributed by atoms with Crippen LogP contribution >= 0.6 is 0 Å². The first-order valence-electron chi connectivity index (χ1n) is 5.95. The van der Waals surface area contributed by atoms with Crippen LogP contribution in [0.2, 0.25) is 0 Å². The van der Waals surface area contributed by atoms with Crippen LogP contribution in [0.5, 0.6) is 0 Å². The van der Waals surface area contributed by atoms with Gasteiger partial charge in [-0.2, -0.15) is 0 Å². The third-order valence-corrected chi connectivity index (χ3v) is 4.10. The summed E-state index contributed by atoms with van der Waals surface area (Å²) in [7, 11) is -3.08. The number of sulfone groups is 1. The van der Waals surface area contributed by atoms with E-state index in [2.05, 4.69) is 6.92 Å². The normalized spacial score (nSPS) is 13.6. The number of benzene rings is 1. The van der Waals surface area contributed by atoms with E-state index in [1.54, 1.807) is 12.1 Å². The highest BCUT2D eigenvalue weighted by molar-refractivity contribution is 7.90. The predicted molar refractivity (Wildman–Crippen MR) is 70.9 cm³/mol. The molecule has 0 amide bonds. The first-order valence-corrected chi connectivity index (χ1v) is 7.84. The molecule has 1 aromatic rings. The summed E-state index contributed by atoms with van der Waals surface area (Å²) in [5.74, 6) is 0.454. The van der Waals surface area contributed by atoms with Gasteiger partial charge in [0.15, 0.2) is 9.84 Å². The van der Waals surface area contributed by atoms with Crippen LogP contribution in [0.25, 0.3) is 0 Å². The molecule has 0 spiro atoms. The van der Waals surface area contributed by atoms with Crippen molar-refractivity contribution in [2.24, 2.45) is 5.73 Å². The van der Waals surface area contributed by atoms with Gasteiger partial charge in [0.05, 0.1) is 4.90 Å². The van der Waals surface area contributed by atoms with Crippen molar-refractivity contribution in [3.8, 4) is 0 Å². The maximum Gasteiger partial charge on any atom is 0.175 e. The fourth-order valence-electron chi connectivity index (χ4n) is 1.81. The Hall–Kier alpha value is -0.870. The van der Waals surface area contributed by atoms with Gasteiger partial charge in [0, 0.05) is 6.26 Å². The number of nitrogens with two attached hydrogens (primary N) is 1. The van der Waals surface area contributed by atoms with Gasteiger partial charge in [0.25, 0.3) is 0 Å². The molecular weight excluding hydrogens is 234 g/mol. The Morgan fingerprint density at radius 3 is 2.24 bits per heavy atom. The van der Waals surface area contributed by atoms with Gasteiger partial charge < -0.3 is 5.73 Å². The maximum absolute atomic E-state index is 11.3. The van der Waals surface area contributed by atoms with Gasteiger partial charge in [0.1, 0.15) is 0 Å². The van der Waals surface area contributed by atoms with Gasteiger partial charge >= 0.3 is 0 Å². The minimum atomic E-state index is -3.08. The Morgan fingerprint density at radius 1 is 1.18 bits per heavy atom. The lowest BCUT2D eigenvalue weighted by Gasteiger charge is -2.11. The van der Waals surface area contributed by atoms with Gasteiger partial charge in [-0.25, -0.2) is 8.42 Å². The molecule has 0 aliphatic heterocycles. The van der Waals surface area contributed by atoms with Gasteiger partial charge in [0.2, 0.25) is 0 Å². The molecule has 17 heavy (non-hydrogen) atoms. The van der Waals surface area contributed by atoms with Crippen molar-refractivity contribution in [1.82, 2.24) is 0 Å². The second-order valence-electron chi connectivity index (χ2n) is 4.53. The molecule has 0 unspecified atom stereocenters. The van der Waals surface area contributed by atoms with E-state index in [9.17, 15) is 8.42 Å². The summed E-state index contributed by atoms with van der Waals surface area (Å²) in [5.41, 5.74) is 6.64. The summed E-state index contributed by atoms with van der Waals surface area (Å²) < 4.78 is 22.6. The van der Waals surface area contributed by atoms with Crippen LogP contribution in [0.4, 0.5) is 0 Å². The first-order chi connectivity index (χ1) is 7.95. The lowest BCUT2D eigenvalue weighted by molar-refractivity contribution is 0.600. The molecule has 3 nitrogen and oxygen atoms in total. The average molecular weight is 255 g/mol. The molecular formula is C13H21NO2S. The Kier molecular flexibility index (Phi) is 5.15. The van der Waals surface area contributed by atoms with Crippen molar-refractivity contribution in [3.05, 3.63) is 29.8 Å². The van der Waals surface area contributed by atoms with Crippen molar-refractivity contribution in [2.45, 2.75) is 37.0 Å². The van der Waals surface area contributed by atoms with Crippen molar-refractivity contribution >= 4 is 9.84 Å². The Labute approximate surface area is 104 Å². The third kappa shape index (κ3) is 4.48. The fourth-order valence-corrected chi connectivity index (χ4v) is 2.44. The zero-order chi connectivity index (χ0) is 12.9. The number of rotatable bonds is 6. The lowest BCUT2D eigenvalue weighted by Crippen LogP contribution is -2.01. The largest absolute Gasteiger partial charge is 0.330 e.